The molecule has 1 aromatic rings. The molecule has 0 amide bonds. The largest absolute Gasteiger partial charge is 0.480 e. The Morgan fingerprint density at radius 3 is 2.67 bits per heavy atom. The van der Waals surface area contributed by atoms with Gasteiger partial charge in [-0.25, -0.2) is 4.39 Å². The molecule has 0 aromatic heterocycles. The Labute approximate surface area is 105 Å². The van der Waals surface area contributed by atoms with Gasteiger partial charge in [-0.15, -0.1) is 0 Å². The molecule has 0 radical (unpaired) electrons. The highest BCUT2D eigenvalue weighted by Crippen LogP contribution is 2.14. The van der Waals surface area contributed by atoms with Gasteiger partial charge in [0.05, 0.1) is 18.2 Å². The molecule has 0 saturated heterocycles. The molecule has 4 nitrogen and oxygen atoms in total. The first-order valence-electron chi connectivity index (χ1n) is 5.58. The van der Waals surface area contributed by atoms with Crippen molar-refractivity contribution in [3.8, 4) is 6.07 Å². The molecule has 0 atom stereocenters. The van der Waals surface area contributed by atoms with Crippen LogP contribution in [0.2, 0.25) is 0 Å². The van der Waals surface area contributed by atoms with Crippen molar-refractivity contribution in [3.05, 3.63) is 35.1 Å². The van der Waals surface area contributed by atoms with Gasteiger partial charge in [0.2, 0.25) is 0 Å². The number of nitriles is 1. The van der Waals surface area contributed by atoms with Gasteiger partial charge in [-0.3, -0.25) is 9.69 Å². The van der Waals surface area contributed by atoms with Crippen LogP contribution in [0.1, 0.15) is 25.0 Å². The van der Waals surface area contributed by atoms with E-state index in [0.717, 1.165) is 6.07 Å². The van der Waals surface area contributed by atoms with E-state index in [4.69, 9.17) is 10.4 Å². The summed E-state index contributed by atoms with van der Waals surface area (Å²) in [6, 6.07) is 6.06. The monoisotopic (exact) mass is 250 g/mol. The molecule has 96 valence electrons. The standard InChI is InChI=1S/C13H15FN2O2/c1-9(2)16(8-13(17)18)7-11-4-3-10(6-15)5-12(11)14/h3-5,9H,7-8H2,1-2H3,(H,17,18). The van der Waals surface area contributed by atoms with E-state index in [2.05, 4.69) is 0 Å². The van der Waals surface area contributed by atoms with Gasteiger partial charge in [0.1, 0.15) is 5.82 Å². The van der Waals surface area contributed by atoms with Crippen LogP contribution >= 0.6 is 0 Å². The molecule has 0 spiro atoms. The summed E-state index contributed by atoms with van der Waals surface area (Å²) in [5.74, 6) is -1.43. The minimum atomic E-state index is -0.947. The first kappa shape index (κ1) is 14.1. The third-order valence-corrected chi connectivity index (χ3v) is 2.62. The summed E-state index contributed by atoms with van der Waals surface area (Å²) in [6.07, 6.45) is 0. The SMILES string of the molecule is CC(C)N(CC(=O)O)Cc1ccc(C#N)cc1F. The van der Waals surface area contributed by atoms with E-state index < -0.39 is 11.8 Å². The maximum atomic E-state index is 13.7. The highest BCUT2D eigenvalue weighted by atomic mass is 19.1. The maximum Gasteiger partial charge on any atom is 0.317 e. The minimum Gasteiger partial charge on any atom is -0.480 e. The van der Waals surface area contributed by atoms with Gasteiger partial charge in [-0.1, -0.05) is 6.07 Å². The summed E-state index contributed by atoms with van der Waals surface area (Å²) < 4.78 is 13.7. The number of carbonyl (C=O) groups is 1. The van der Waals surface area contributed by atoms with Crippen LogP contribution in [-0.4, -0.2) is 28.6 Å². The fourth-order valence-corrected chi connectivity index (χ4v) is 1.56. The van der Waals surface area contributed by atoms with E-state index in [1.807, 2.05) is 19.9 Å². The molecule has 1 aromatic carbocycles. The van der Waals surface area contributed by atoms with Gasteiger partial charge in [0.25, 0.3) is 0 Å². The number of benzene rings is 1. The van der Waals surface area contributed by atoms with E-state index in [0.29, 0.717) is 5.56 Å². The Morgan fingerprint density at radius 2 is 2.22 bits per heavy atom. The Kier molecular flexibility index (Phi) is 4.81. The molecule has 0 unspecified atom stereocenters. The average molecular weight is 250 g/mol. The number of carboxylic acid groups (broad SMARTS) is 1. The number of aliphatic carboxylic acids is 1. The zero-order chi connectivity index (χ0) is 13.7. The van der Waals surface area contributed by atoms with Crippen LogP contribution in [0, 0.1) is 17.1 Å². The molecular weight excluding hydrogens is 235 g/mol. The summed E-state index contributed by atoms with van der Waals surface area (Å²) in [5, 5.41) is 17.4. The zero-order valence-electron chi connectivity index (χ0n) is 10.4. The summed E-state index contributed by atoms with van der Waals surface area (Å²) in [5.41, 5.74) is 0.648. The van der Waals surface area contributed by atoms with Crippen LogP contribution in [0.4, 0.5) is 4.39 Å². The van der Waals surface area contributed by atoms with E-state index in [-0.39, 0.29) is 24.7 Å². The average Bonchev–Trinajstić information content (AvgIpc) is 2.29. The van der Waals surface area contributed by atoms with Gasteiger partial charge in [0, 0.05) is 18.2 Å². The smallest absolute Gasteiger partial charge is 0.317 e. The maximum absolute atomic E-state index is 13.7. The second kappa shape index (κ2) is 6.12. The van der Waals surface area contributed by atoms with E-state index in [1.54, 1.807) is 4.90 Å². The van der Waals surface area contributed by atoms with E-state index in [9.17, 15) is 9.18 Å². The van der Waals surface area contributed by atoms with Gasteiger partial charge in [-0.05, 0) is 26.0 Å². The first-order chi connectivity index (χ1) is 8.43. The normalized spacial score (nSPS) is 10.7. The molecule has 18 heavy (non-hydrogen) atoms. The first-order valence-corrected chi connectivity index (χ1v) is 5.58. The van der Waals surface area contributed by atoms with Crippen LogP contribution in [0.5, 0.6) is 0 Å². The van der Waals surface area contributed by atoms with Crippen LogP contribution in [0.3, 0.4) is 0 Å². The predicted octanol–water partition coefficient (Wildman–Crippen LogP) is 1.99. The van der Waals surface area contributed by atoms with E-state index in [1.165, 1.54) is 12.1 Å². The van der Waals surface area contributed by atoms with Crippen molar-refractivity contribution in [1.82, 2.24) is 4.90 Å². The Morgan fingerprint density at radius 1 is 1.56 bits per heavy atom. The van der Waals surface area contributed by atoms with Crippen molar-refractivity contribution < 1.29 is 14.3 Å². The summed E-state index contributed by atoms with van der Waals surface area (Å²) >= 11 is 0. The van der Waals surface area contributed by atoms with Crippen molar-refractivity contribution in [1.29, 1.82) is 5.26 Å². The highest BCUT2D eigenvalue weighted by molar-refractivity contribution is 5.69. The summed E-state index contributed by atoms with van der Waals surface area (Å²) in [7, 11) is 0. The number of hydrogen-bond acceptors (Lipinski definition) is 3. The van der Waals surface area contributed by atoms with Crippen LogP contribution in [0.25, 0.3) is 0 Å². The molecule has 0 fully saturated rings. The van der Waals surface area contributed by atoms with Crippen LogP contribution < -0.4 is 0 Å². The molecule has 0 saturated carbocycles. The molecule has 0 heterocycles. The molecule has 1 rings (SSSR count). The molecule has 0 aliphatic heterocycles. The second-order valence-corrected chi connectivity index (χ2v) is 4.31. The van der Waals surface area contributed by atoms with Gasteiger partial charge in [0.15, 0.2) is 0 Å². The fraction of sp³-hybridized carbons (Fsp3) is 0.385. The van der Waals surface area contributed by atoms with Crippen molar-refractivity contribution in [2.24, 2.45) is 0 Å². The number of hydrogen-bond donors (Lipinski definition) is 1. The van der Waals surface area contributed by atoms with Crippen molar-refractivity contribution in [2.45, 2.75) is 26.4 Å². The van der Waals surface area contributed by atoms with Crippen molar-refractivity contribution >= 4 is 5.97 Å². The third kappa shape index (κ3) is 3.82. The Balaban J connectivity index is 2.87. The molecule has 0 bridgehead atoms. The lowest BCUT2D eigenvalue weighted by molar-refractivity contribution is -0.139. The molecule has 5 heteroatoms. The molecular formula is C13H15FN2O2. The topological polar surface area (TPSA) is 64.3 Å². The molecule has 1 N–H and O–H groups in total. The Hall–Kier alpha value is -1.93. The van der Waals surface area contributed by atoms with Crippen molar-refractivity contribution in [2.75, 3.05) is 6.54 Å². The van der Waals surface area contributed by atoms with Crippen LogP contribution in [-0.2, 0) is 11.3 Å². The molecule has 0 aliphatic carbocycles. The quantitative estimate of drug-likeness (QED) is 0.868. The molecule has 0 aliphatic rings. The fourth-order valence-electron chi connectivity index (χ4n) is 1.56. The second-order valence-electron chi connectivity index (χ2n) is 4.31. The number of nitrogens with zero attached hydrogens (tertiary/aromatic N) is 2. The van der Waals surface area contributed by atoms with Gasteiger partial charge >= 0.3 is 5.97 Å². The lowest BCUT2D eigenvalue weighted by Gasteiger charge is -2.24. The number of rotatable bonds is 5. The summed E-state index contributed by atoms with van der Waals surface area (Å²) in [4.78, 5) is 12.4. The highest BCUT2D eigenvalue weighted by Gasteiger charge is 2.15. The zero-order valence-corrected chi connectivity index (χ0v) is 10.4. The summed E-state index contributed by atoms with van der Waals surface area (Å²) in [6.45, 7) is 3.77. The van der Waals surface area contributed by atoms with Gasteiger partial charge in [-0.2, -0.15) is 5.26 Å². The van der Waals surface area contributed by atoms with E-state index >= 15 is 0 Å². The number of carboxylic acids is 1. The predicted molar refractivity (Wildman–Crippen MR) is 64.3 cm³/mol. The minimum absolute atomic E-state index is 0.00357. The van der Waals surface area contributed by atoms with Crippen molar-refractivity contribution in [3.63, 3.8) is 0 Å². The Bertz CT molecular complexity index is 480. The van der Waals surface area contributed by atoms with Gasteiger partial charge < -0.3 is 5.11 Å². The lowest BCUT2D eigenvalue weighted by Crippen LogP contribution is -2.35. The van der Waals surface area contributed by atoms with Crippen LogP contribution in [0.15, 0.2) is 18.2 Å². The third-order valence-electron chi connectivity index (χ3n) is 2.62. The lowest BCUT2D eigenvalue weighted by atomic mass is 10.1. The number of halogens is 1.